The standard InChI is InChI=1S/C18H20Cl2N2O3S/c1-3-22(4-2)26(24,25)15-8-5-13(6-9-15)18(23)12-21-17-10-7-14(19)11-16(17)20/h5-11,21H,3-4,12H2,1-2H3. The molecule has 0 aromatic heterocycles. The fraction of sp³-hybridized carbons (Fsp3) is 0.278. The van der Waals surface area contributed by atoms with Crippen LogP contribution in [-0.2, 0) is 10.0 Å². The minimum atomic E-state index is -3.53. The second kappa shape index (κ2) is 8.86. The van der Waals surface area contributed by atoms with E-state index in [9.17, 15) is 13.2 Å². The van der Waals surface area contributed by atoms with Crippen LogP contribution in [0.1, 0.15) is 24.2 Å². The van der Waals surface area contributed by atoms with E-state index in [1.54, 1.807) is 32.0 Å². The van der Waals surface area contributed by atoms with Crippen molar-refractivity contribution in [3.63, 3.8) is 0 Å². The van der Waals surface area contributed by atoms with E-state index in [1.165, 1.54) is 28.6 Å². The van der Waals surface area contributed by atoms with Crippen LogP contribution in [0.15, 0.2) is 47.4 Å². The lowest BCUT2D eigenvalue weighted by Crippen LogP contribution is -2.30. The van der Waals surface area contributed by atoms with Crippen molar-refractivity contribution in [2.24, 2.45) is 0 Å². The summed E-state index contributed by atoms with van der Waals surface area (Å²) in [4.78, 5) is 12.5. The number of carbonyl (C=O) groups excluding carboxylic acids is 1. The molecule has 5 nitrogen and oxygen atoms in total. The van der Waals surface area contributed by atoms with Gasteiger partial charge in [-0.2, -0.15) is 4.31 Å². The zero-order valence-electron chi connectivity index (χ0n) is 14.5. The van der Waals surface area contributed by atoms with Crippen LogP contribution in [0.5, 0.6) is 0 Å². The minimum Gasteiger partial charge on any atom is -0.376 e. The van der Waals surface area contributed by atoms with E-state index in [4.69, 9.17) is 23.2 Å². The van der Waals surface area contributed by atoms with Crippen LogP contribution >= 0.6 is 23.2 Å². The van der Waals surface area contributed by atoms with Gasteiger partial charge < -0.3 is 5.32 Å². The first-order chi connectivity index (χ1) is 12.3. The van der Waals surface area contributed by atoms with Gasteiger partial charge in [0.05, 0.1) is 22.2 Å². The molecule has 2 rings (SSSR count). The first-order valence-corrected chi connectivity index (χ1v) is 10.3. The highest BCUT2D eigenvalue weighted by Crippen LogP contribution is 2.25. The van der Waals surface area contributed by atoms with E-state index >= 15 is 0 Å². The molecule has 0 radical (unpaired) electrons. The number of Topliss-reactive ketones (excluding diaryl/α,β-unsaturated/α-hetero) is 1. The normalized spacial score (nSPS) is 11.6. The number of nitrogens with zero attached hydrogens (tertiary/aromatic N) is 1. The van der Waals surface area contributed by atoms with Gasteiger partial charge >= 0.3 is 0 Å². The highest BCUT2D eigenvalue weighted by Gasteiger charge is 2.21. The Morgan fingerprint density at radius 2 is 1.65 bits per heavy atom. The Hall–Kier alpha value is -1.60. The van der Waals surface area contributed by atoms with Gasteiger partial charge in [-0.05, 0) is 42.5 Å². The Bertz CT molecular complexity index is 880. The van der Waals surface area contributed by atoms with E-state index < -0.39 is 10.0 Å². The molecular formula is C18H20Cl2N2O3S. The number of anilines is 1. The average Bonchev–Trinajstić information content (AvgIpc) is 2.61. The summed E-state index contributed by atoms with van der Waals surface area (Å²) in [5.41, 5.74) is 1.02. The van der Waals surface area contributed by atoms with E-state index in [0.29, 0.717) is 34.4 Å². The first kappa shape index (κ1) is 20.7. The lowest BCUT2D eigenvalue weighted by atomic mass is 10.1. The van der Waals surface area contributed by atoms with Gasteiger partial charge in [0.2, 0.25) is 10.0 Å². The van der Waals surface area contributed by atoms with E-state index in [2.05, 4.69) is 5.32 Å². The largest absolute Gasteiger partial charge is 0.376 e. The number of sulfonamides is 1. The molecule has 0 saturated carbocycles. The van der Waals surface area contributed by atoms with Gasteiger partial charge in [-0.3, -0.25) is 4.79 Å². The third-order valence-corrected chi connectivity index (χ3v) is 6.50. The quantitative estimate of drug-likeness (QED) is 0.653. The Kier molecular flexibility index (Phi) is 7.06. The smallest absolute Gasteiger partial charge is 0.243 e. The summed E-state index contributed by atoms with van der Waals surface area (Å²) in [6.07, 6.45) is 0. The third-order valence-electron chi connectivity index (χ3n) is 3.89. The second-order valence-corrected chi connectivity index (χ2v) is 8.30. The molecule has 2 aromatic carbocycles. The topological polar surface area (TPSA) is 66.5 Å². The number of hydrogen-bond acceptors (Lipinski definition) is 4. The average molecular weight is 415 g/mol. The molecule has 0 bridgehead atoms. The highest BCUT2D eigenvalue weighted by molar-refractivity contribution is 7.89. The number of ketones is 1. The third kappa shape index (κ3) is 4.76. The SMILES string of the molecule is CCN(CC)S(=O)(=O)c1ccc(C(=O)CNc2ccc(Cl)cc2Cl)cc1. The highest BCUT2D eigenvalue weighted by atomic mass is 35.5. The maximum atomic E-state index is 12.5. The number of carbonyl (C=O) groups is 1. The molecule has 0 spiro atoms. The molecule has 0 heterocycles. The number of benzene rings is 2. The van der Waals surface area contributed by atoms with Crippen molar-refractivity contribution in [2.45, 2.75) is 18.7 Å². The molecule has 140 valence electrons. The maximum absolute atomic E-state index is 12.5. The number of nitrogens with one attached hydrogen (secondary N) is 1. The second-order valence-electron chi connectivity index (χ2n) is 5.51. The molecule has 0 aliphatic carbocycles. The Balaban J connectivity index is 2.09. The van der Waals surface area contributed by atoms with E-state index in [0.717, 1.165) is 0 Å². The van der Waals surface area contributed by atoms with Crippen molar-refractivity contribution in [3.8, 4) is 0 Å². The molecule has 0 fully saturated rings. The number of halogens is 2. The zero-order chi connectivity index (χ0) is 19.3. The molecule has 0 unspecified atom stereocenters. The van der Waals surface area contributed by atoms with Gasteiger partial charge in [-0.25, -0.2) is 8.42 Å². The molecule has 0 amide bonds. The summed E-state index contributed by atoms with van der Waals surface area (Å²) in [7, 11) is -3.53. The minimum absolute atomic E-state index is 0.0312. The molecule has 0 aliphatic heterocycles. The summed E-state index contributed by atoms with van der Waals surface area (Å²) >= 11 is 11.9. The van der Waals surface area contributed by atoms with Crippen molar-refractivity contribution >= 4 is 44.7 Å². The maximum Gasteiger partial charge on any atom is 0.243 e. The monoisotopic (exact) mass is 414 g/mol. The first-order valence-electron chi connectivity index (χ1n) is 8.12. The molecule has 0 saturated heterocycles. The summed E-state index contributed by atoms with van der Waals surface area (Å²) in [5, 5.41) is 3.89. The van der Waals surface area contributed by atoms with Gasteiger partial charge in [0.25, 0.3) is 0 Å². The molecule has 0 atom stereocenters. The molecule has 1 N–H and O–H groups in total. The Morgan fingerprint density at radius 1 is 1.04 bits per heavy atom. The van der Waals surface area contributed by atoms with Crippen LogP contribution in [0, 0.1) is 0 Å². The van der Waals surface area contributed by atoms with Gasteiger partial charge in [0.15, 0.2) is 5.78 Å². The van der Waals surface area contributed by atoms with Gasteiger partial charge in [-0.1, -0.05) is 37.0 Å². The molecule has 2 aromatic rings. The van der Waals surface area contributed by atoms with Gasteiger partial charge in [-0.15, -0.1) is 0 Å². The van der Waals surface area contributed by atoms with Crippen molar-refractivity contribution in [1.82, 2.24) is 4.31 Å². The van der Waals surface area contributed by atoms with Crippen molar-refractivity contribution in [1.29, 1.82) is 0 Å². The van der Waals surface area contributed by atoms with Crippen molar-refractivity contribution < 1.29 is 13.2 Å². The predicted molar refractivity (Wildman–Crippen MR) is 106 cm³/mol. The van der Waals surface area contributed by atoms with E-state index in [-0.39, 0.29) is 17.2 Å². The number of rotatable bonds is 8. The molecule has 26 heavy (non-hydrogen) atoms. The van der Waals surface area contributed by atoms with Crippen LogP contribution in [-0.4, -0.2) is 38.1 Å². The van der Waals surface area contributed by atoms with Crippen LogP contribution < -0.4 is 5.32 Å². The van der Waals surface area contributed by atoms with Gasteiger partial charge in [0.1, 0.15) is 0 Å². The van der Waals surface area contributed by atoms with Crippen molar-refractivity contribution in [2.75, 3.05) is 25.0 Å². The Morgan fingerprint density at radius 3 is 2.19 bits per heavy atom. The molecular weight excluding hydrogens is 395 g/mol. The Labute approximate surface area is 164 Å². The predicted octanol–water partition coefficient (Wildman–Crippen LogP) is 4.32. The summed E-state index contributed by atoms with van der Waals surface area (Å²) in [6, 6.07) is 10.9. The van der Waals surface area contributed by atoms with Crippen LogP contribution in [0.4, 0.5) is 5.69 Å². The molecule has 0 aliphatic rings. The number of hydrogen-bond donors (Lipinski definition) is 1. The lowest BCUT2D eigenvalue weighted by molar-refractivity contribution is 0.101. The summed E-state index contributed by atoms with van der Waals surface area (Å²) in [5.74, 6) is -0.178. The molecule has 8 heteroatoms. The van der Waals surface area contributed by atoms with Crippen molar-refractivity contribution in [3.05, 3.63) is 58.1 Å². The van der Waals surface area contributed by atoms with Crippen LogP contribution in [0.3, 0.4) is 0 Å². The van der Waals surface area contributed by atoms with Gasteiger partial charge in [0, 0.05) is 23.7 Å². The zero-order valence-corrected chi connectivity index (χ0v) is 16.8. The summed E-state index contributed by atoms with van der Waals surface area (Å²) in [6.45, 7) is 4.39. The van der Waals surface area contributed by atoms with Crippen LogP contribution in [0.2, 0.25) is 10.0 Å². The summed E-state index contributed by atoms with van der Waals surface area (Å²) < 4.78 is 26.3. The van der Waals surface area contributed by atoms with Crippen LogP contribution in [0.25, 0.3) is 0 Å². The fourth-order valence-corrected chi connectivity index (χ4v) is 4.37. The van der Waals surface area contributed by atoms with E-state index in [1.807, 2.05) is 0 Å². The lowest BCUT2D eigenvalue weighted by Gasteiger charge is -2.18. The fourth-order valence-electron chi connectivity index (χ4n) is 2.44.